The third kappa shape index (κ3) is 5.41. The smallest absolute Gasteiger partial charge is 0.151 e. The summed E-state index contributed by atoms with van der Waals surface area (Å²) in [5.41, 5.74) is 1.67. The number of nitrogens with one attached hydrogen (secondary N) is 1. The van der Waals surface area contributed by atoms with Gasteiger partial charge in [0.05, 0.1) is 17.4 Å². The van der Waals surface area contributed by atoms with Gasteiger partial charge in [-0.2, -0.15) is 5.26 Å². The van der Waals surface area contributed by atoms with Crippen LogP contribution in [0, 0.1) is 11.3 Å². The van der Waals surface area contributed by atoms with Gasteiger partial charge in [0.15, 0.2) is 9.84 Å². The van der Waals surface area contributed by atoms with Crippen molar-refractivity contribution in [3.8, 4) is 6.07 Å². The van der Waals surface area contributed by atoms with Gasteiger partial charge in [-0.3, -0.25) is 0 Å². The van der Waals surface area contributed by atoms with Crippen molar-refractivity contribution in [2.75, 3.05) is 18.1 Å². The molecule has 0 amide bonds. The van der Waals surface area contributed by atoms with Gasteiger partial charge in [-0.1, -0.05) is 19.1 Å². The van der Waals surface area contributed by atoms with Gasteiger partial charge in [-0.05, 0) is 31.0 Å². The molecule has 1 aromatic rings. The highest BCUT2D eigenvalue weighted by Gasteiger charge is 2.10. The molecule has 0 heterocycles. The summed E-state index contributed by atoms with van der Waals surface area (Å²) in [5, 5.41) is 11.9. The Morgan fingerprint density at radius 1 is 1.26 bits per heavy atom. The van der Waals surface area contributed by atoms with Crippen LogP contribution in [-0.2, 0) is 9.84 Å². The highest BCUT2D eigenvalue weighted by molar-refractivity contribution is 7.91. The lowest BCUT2D eigenvalue weighted by Crippen LogP contribution is -2.26. The molecule has 1 rings (SSSR count). The molecule has 0 fully saturated rings. The van der Waals surface area contributed by atoms with Crippen molar-refractivity contribution in [1.29, 1.82) is 5.26 Å². The van der Waals surface area contributed by atoms with Crippen molar-refractivity contribution in [3.05, 3.63) is 35.4 Å². The fourth-order valence-electron chi connectivity index (χ4n) is 1.81. The van der Waals surface area contributed by atoms with Crippen molar-refractivity contribution in [3.63, 3.8) is 0 Å². The summed E-state index contributed by atoms with van der Waals surface area (Å²) in [6.07, 6.45) is 0.660. The van der Waals surface area contributed by atoms with E-state index in [9.17, 15) is 8.42 Å². The van der Waals surface area contributed by atoms with E-state index in [4.69, 9.17) is 5.26 Å². The SMILES string of the molecule is CCCS(=O)(=O)CCNC(C)c1ccc(C#N)cc1. The summed E-state index contributed by atoms with van der Waals surface area (Å²) in [5.74, 6) is 0.418. The number of sulfone groups is 1. The molecule has 0 aliphatic rings. The Bertz CT molecular complexity index is 530. The standard InChI is InChI=1S/C14H20N2O2S/c1-3-9-19(17,18)10-8-16-12(2)14-6-4-13(11-15)5-7-14/h4-7,12,16H,3,8-10H2,1-2H3. The van der Waals surface area contributed by atoms with Crippen molar-refractivity contribution in [2.45, 2.75) is 26.3 Å². The molecule has 0 saturated heterocycles. The van der Waals surface area contributed by atoms with Crippen LogP contribution in [0.15, 0.2) is 24.3 Å². The first-order chi connectivity index (χ1) is 8.98. The summed E-state index contributed by atoms with van der Waals surface area (Å²) in [6, 6.07) is 9.45. The summed E-state index contributed by atoms with van der Waals surface area (Å²) < 4.78 is 23.1. The van der Waals surface area contributed by atoms with E-state index in [1.165, 1.54) is 0 Å². The average molecular weight is 280 g/mol. The van der Waals surface area contributed by atoms with Crippen LogP contribution in [0.2, 0.25) is 0 Å². The minimum absolute atomic E-state index is 0.0737. The monoisotopic (exact) mass is 280 g/mol. The molecule has 104 valence electrons. The van der Waals surface area contributed by atoms with E-state index >= 15 is 0 Å². The van der Waals surface area contributed by atoms with Gasteiger partial charge in [0.2, 0.25) is 0 Å². The first-order valence-corrected chi connectivity index (χ1v) is 8.24. The maximum absolute atomic E-state index is 11.6. The van der Waals surface area contributed by atoms with E-state index in [2.05, 4.69) is 11.4 Å². The van der Waals surface area contributed by atoms with Crippen LogP contribution in [0.5, 0.6) is 0 Å². The zero-order valence-electron chi connectivity index (χ0n) is 11.4. The molecule has 1 atom stereocenters. The molecule has 0 bridgehead atoms. The lowest BCUT2D eigenvalue weighted by molar-refractivity contribution is 0.571. The minimum Gasteiger partial charge on any atom is -0.309 e. The molecule has 4 nitrogen and oxygen atoms in total. The molecule has 1 unspecified atom stereocenters. The topological polar surface area (TPSA) is 70.0 Å². The summed E-state index contributed by atoms with van der Waals surface area (Å²) in [6.45, 7) is 4.29. The number of nitriles is 1. The van der Waals surface area contributed by atoms with Gasteiger partial charge in [-0.25, -0.2) is 8.42 Å². The maximum atomic E-state index is 11.6. The minimum atomic E-state index is -2.93. The largest absolute Gasteiger partial charge is 0.309 e. The first kappa shape index (κ1) is 15.7. The Morgan fingerprint density at radius 2 is 1.89 bits per heavy atom. The van der Waals surface area contributed by atoms with Crippen LogP contribution in [0.4, 0.5) is 0 Å². The second-order valence-electron chi connectivity index (χ2n) is 4.56. The lowest BCUT2D eigenvalue weighted by Gasteiger charge is -2.14. The fraction of sp³-hybridized carbons (Fsp3) is 0.500. The molecule has 0 saturated carbocycles. The van der Waals surface area contributed by atoms with Gasteiger partial charge >= 0.3 is 0 Å². The van der Waals surface area contributed by atoms with E-state index in [1.807, 2.05) is 26.0 Å². The van der Waals surface area contributed by atoms with Gasteiger partial charge < -0.3 is 5.32 Å². The van der Waals surface area contributed by atoms with E-state index < -0.39 is 9.84 Å². The Morgan fingerprint density at radius 3 is 2.42 bits per heavy atom. The van der Waals surface area contributed by atoms with Gasteiger partial charge in [0, 0.05) is 18.3 Å². The van der Waals surface area contributed by atoms with E-state index in [1.54, 1.807) is 12.1 Å². The fourth-order valence-corrected chi connectivity index (χ4v) is 3.06. The van der Waals surface area contributed by atoms with Crippen LogP contribution < -0.4 is 5.32 Å². The van der Waals surface area contributed by atoms with Crippen molar-refractivity contribution in [1.82, 2.24) is 5.32 Å². The quantitative estimate of drug-likeness (QED) is 0.829. The Hall–Kier alpha value is -1.38. The zero-order valence-corrected chi connectivity index (χ0v) is 12.2. The number of benzene rings is 1. The number of rotatable bonds is 7. The van der Waals surface area contributed by atoms with Crippen LogP contribution in [0.1, 0.15) is 37.4 Å². The molecule has 1 aromatic carbocycles. The molecule has 5 heteroatoms. The summed E-state index contributed by atoms with van der Waals surface area (Å²) in [7, 11) is -2.93. The molecule has 0 aromatic heterocycles. The average Bonchev–Trinajstić information content (AvgIpc) is 2.38. The third-order valence-electron chi connectivity index (χ3n) is 2.92. The van der Waals surface area contributed by atoms with Gasteiger partial charge in [-0.15, -0.1) is 0 Å². The van der Waals surface area contributed by atoms with Crippen LogP contribution >= 0.6 is 0 Å². The van der Waals surface area contributed by atoms with Crippen LogP contribution in [-0.4, -0.2) is 26.5 Å². The Labute approximate surface area is 115 Å². The van der Waals surface area contributed by atoms with Gasteiger partial charge in [0.1, 0.15) is 0 Å². The van der Waals surface area contributed by atoms with E-state index in [0.29, 0.717) is 18.5 Å². The van der Waals surface area contributed by atoms with E-state index in [-0.39, 0.29) is 17.5 Å². The third-order valence-corrected chi connectivity index (χ3v) is 4.77. The number of hydrogen-bond donors (Lipinski definition) is 1. The number of hydrogen-bond acceptors (Lipinski definition) is 4. The van der Waals surface area contributed by atoms with Crippen molar-refractivity contribution >= 4 is 9.84 Å². The van der Waals surface area contributed by atoms with Crippen LogP contribution in [0.3, 0.4) is 0 Å². The summed E-state index contributed by atoms with van der Waals surface area (Å²) in [4.78, 5) is 0. The molecule has 19 heavy (non-hydrogen) atoms. The lowest BCUT2D eigenvalue weighted by atomic mass is 10.1. The van der Waals surface area contributed by atoms with Crippen molar-refractivity contribution in [2.24, 2.45) is 0 Å². The highest BCUT2D eigenvalue weighted by atomic mass is 32.2. The molecule has 0 spiro atoms. The maximum Gasteiger partial charge on any atom is 0.151 e. The normalized spacial score (nSPS) is 12.9. The molecule has 1 N–H and O–H groups in total. The summed E-state index contributed by atoms with van der Waals surface area (Å²) >= 11 is 0. The molecular weight excluding hydrogens is 260 g/mol. The second-order valence-corrected chi connectivity index (χ2v) is 6.87. The second kappa shape index (κ2) is 7.27. The van der Waals surface area contributed by atoms with Crippen LogP contribution in [0.25, 0.3) is 0 Å². The van der Waals surface area contributed by atoms with Gasteiger partial charge in [0.25, 0.3) is 0 Å². The highest BCUT2D eigenvalue weighted by Crippen LogP contribution is 2.12. The molecule has 0 aliphatic carbocycles. The Balaban J connectivity index is 2.47. The van der Waals surface area contributed by atoms with E-state index in [0.717, 1.165) is 5.56 Å². The zero-order chi connectivity index (χ0) is 14.3. The first-order valence-electron chi connectivity index (χ1n) is 6.42. The molecular formula is C14H20N2O2S. The molecule has 0 aliphatic heterocycles. The predicted molar refractivity (Wildman–Crippen MR) is 76.5 cm³/mol. The van der Waals surface area contributed by atoms with Crippen molar-refractivity contribution < 1.29 is 8.42 Å². The Kier molecular flexibility index (Phi) is 6.00. The molecule has 0 radical (unpaired) electrons. The number of nitrogens with zero attached hydrogens (tertiary/aromatic N) is 1. The predicted octanol–water partition coefficient (Wildman–Crippen LogP) is 2.03.